The van der Waals surface area contributed by atoms with Gasteiger partial charge in [0.05, 0.1) is 14.2 Å². The van der Waals surface area contributed by atoms with Crippen molar-refractivity contribution in [1.29, 1.82) is 0 Å². The van der Waals surface area contributed by atoms with Crippen LogP contribution < -0.4 is 14.8 Å². The van der Waals surface area contributed by atoms with Crippen LogP contribution in [0.3, 0.4) is 0 Å². The fraction of sp³-hybridized carbons (Fsp3) is 0.667. The molecule has 1 saturated heterocycles. The molecule has 0 amide bonds. The highest BCUT2D eigenvalue weighted by atomic mass is 32.1. The average molecular weight is 394 g/mol. The highest BCUT2D eigenvalue weighted by Crippen LogP contribution is 2.28. The molecule has 6 heteroatoms. The maximum absolute atomic E-state index is 5.76. The molecule has 0 saturated carbocycles. The first kappa shape index (κ1) is 21.8. The summed E-state index contributed by atoms with van der Waals surface area (Å²) in [4.78, 5) is 4.80. The van der Waals surface area contributed by atoms with Crippen LogP contribution in [0, 0.1) is 5.92 Å². The number of rotatable bonds is 8. The molecule has 0 aromatic heterocycles. The molecule has 0 unspecified atom stereocenters. The van der Waals surface area contributed by atoms with E-state index in [2.05, 4.69) is 48.1 Å². The standard InChI is InChI=1S/C21H35N3O2S/c1-16(2)15-22-21(27)24(18-9-11-23(3)12-10-18)13-8-17-6-7-19(25-4)20(14-17)26-5/h6-7,14,16,18H,8-13,15H2,1-5H3,(H,22,27). The number of ether oxygens (including phenoxy) is 2. The van der Waals surface area contributed by atoms with Crippen LogP contribution in [-0.4, -0.2) is 68.4 Å². The molecule has 1 fully saturated rings. The molecule has 152 valence electrons. The molecule has 1 aliphatic rings. The molecular formula is C21H35N3O2S. The summed E-state index contributed by atoms with van der Waals surface area (Å²) in [7, 11) is 5.54. The topological polar surface area (TPSA) is 37.0 Å². The van der Waals surface area contributed by atoms with Gasteiger partial charge in [0.1, 0.15) is 0 Å². The van der Waals surface area contributed by atoms with Crippen molar-refractivity contribution < 1.29 is 9.47 Å². The van der Waals surface area contributed by atoms with E-state index in [1.807, 2.05) is 6.07 Å². The lowest BCUT2D eigenvalue weighted by Crippen LogP contribution is -2.51. The van der Waals surface area contributed by atoms with Crippen LogP contribution in [0.5, 0.6) is 11.5 Å². The number of nitrogens with zero attached hydrogens (tertiary/aromatic N) is 2. The molecule has 27 heavy (non-hydrogen) atoms. The Morgan fingerprint density at radius 1 is 1.22 bits per heavy atom. The Labute approximate surface area is 170 Å². The van der Waals surface area contributed by atoms with Gasteiger partial charge in [-0.15, -0.1) is 0 Å². The molecule has 0 spiro atoms. The van der Waals surface area contributed by atoms with Crippen LogP contribution in [0.25, 0.3) is 0 Å². The number of nitrogens with one attached hydrogen (secondary N) is 1. The number of benzene rings is 1. The van der Waals surface area contributed by atoms with Crippen molar-refractivity contribution in [2.24, 2.45) is 5.92 Å². The van der Waals surface area contributed by atoms with Gasteiger partial charge in [-0.1, -0.05) is 19.9 Å². The normalized spacial score (nSPS) is 15.6. The van der Waals surface area contributed by atoms with Crippen LogP contribution in [0.4, 0.5) is 0 Å². The minimum absolute atomic E-state index is 0.508. The summed E-state index contributed by atoms with van der Waals surface area (Å²) in [5, 5.41) is 4.35. The van der Waals surface area contributed by atoms with Crippen molar-refractivity contribution in [3.63, 3.8) is 0 Å². The summed E-state index contributed by atoms with van der Waals surface area (Å²) in [5.41, 5.74) is 1.23. The molecule has 1 N–H and O–H groups in total. The Balaban J connectivity index is 2.05. The van der Waals surface area contributed by atoms with Crippen molar-refractivity contribution in [2.75, 3.05) is 47.4 Å². The first-order valence-corrected chi connectivity index (χ1v) is 10.3. The zero-order valence-corrected chi connectivity index (χ0v) is 18.3. The quantitative estimate of drug-likeness (QED) is 0.684. The van der Waals surface area contributed by atoms with Crippen molar-refractivity contribution in [3.05, 3.63) is 23.8 Å². The van der Waals surface area contributed by atoms with E-state index in [9.17, 15) is 0 Å². The second-order valence-electron chi connectivity index (χ2n) is 7.75. The lowest BCUT2D eigenvalue weighted by molar-refractivity contribution is 0.175. The Kier molecular flexibility index (Phi) is 8.64. The zero-order chi connectivity index (χ0) is 19.8. The van der Waals surface area contributed by atoms with E-state index in [0.717, 1.165) is 62.1 Å². The highest BCUT2D eigenvalue weighted by Gasteiger charge is 2.25. The average Bonchev–Trinajstić information content (AvgIpc) is 2.67. The third-order valence-electron chi connectivity index (χ3n) is 5.14. The van der Waals surface area contributed by atoms with Gasteiger partial charge in [0.2, 0.25) is 0 Å². The van der Waals surface area contributed by atoms with E-state index in [-0.39, 0.29) is 0 Å². The fourth-order valence-corrected chi connectivity index (χ4v) is 3.76. The Hall–Kier alpha value is -1.53. The smallest absolute Gasteiger partial charge is 0.169 e. The van der Waals surface area contributed by atoms with Gasteiger partial charge < -0.3 is 24.6 Å². The monoisotopic (exact) mass is 393 g/mol. The lowest BCUT2D eigenvalue weighted by Gasteiger charge is -2.39. The van der Waals surface area contributed by atoms with E-state index in [1.54, 1.807) is 14.2 Å². The SMILES string of the molecule is COc1ccc(CCN(C(=S)NCC(C)C)C2CCN(C)CC2)cc1OC. The number of hydrogen-bond donors (Lipinski definition) is 1. The third kappa shape index (κ3) is 6.54. The molecule has 1 heterocycles. The second kappa shape index (κ2) is 10.7. The van der Waals surface area contributed by atoms with E-state index in [4.69, 9.17) is 21.7 Å². The van der Waals surface area contributed by atoms with Crippen molar-refractivity contribution in [1.82, 2.24) is 15.1 Å². The summed E-state index contributed by atoms with van der Waals surface area (Å²) in [5.74, 6) is 2.12. The zero-order valence-electron chi connectivity index (χ0n) is 17.5. The van der Waals surface area contributed by atoms with Crippen LogP contribution in [-0.2, 0) is 6.42 Å². The predicted octanol–water partition coefficient (Wildman–Crippen LogP) is 3.17. The summed E-state index contributed by atoms with van der Waals surface area (Å²) in [6, 6.07) is 6.66. The predicted molar refractivity (Wildman–Crippen MR) is 116 cm³/mol. The van der Waals surface area contributed by atoms with Gasteiger partial charge in [0.15, 0.2) is 16.6 Å². The molecule has 1 aromatic carbocycles. The molecule has 0 radical (unpaired) electrons. The highest BCUT2D eigenvalue weighted by molar-refractivity contribution is 7.80. The van der Waals surface area contributed by atoms with Crippen molar-refractivity contribution in [3.8, 4) is 11.5 Å². The van der Waals surface area contributed by atoms with Gasteiger partial charge in [0, 0.05) is 19.1 Å². The molecule has 2 rings (SSSR count). The minimum Gasteiger partial charge on any atom is -0.493 e. The molecule has 0 atom stereocenters. The molecule has 1 aliphatic heterocycles. The van der Waals surface area contributed by atoms with Gasteiger partial charge >= 0.3 is 0 Å². The van der Waals surface area contributed by atoms with Crippen LogP contribution in [0.2, 0.25) is 0 Å². The number of thiocarbonyl (C=S) groups is 1. The number of methoxy groups -OCH3 is 2. The number of hydrogen-bond acceptors (Lipinski definition) is 4. The first-order chi connectivity index (χ1) is 12.9. The van der Waals surface area contributed by atoms with Crippen LogP contribution in [0.1, 0.15) is 32.3 Å². The Bertz CT molecular complexity index is 601. The minimum atomic E-state index is 0.508. The van der Waals surface area contributed by atoms with Gasteiger partial charge in [-0.05, 0) is 75.2 Å². The van der Waals surface area contributed by atoms with Crippen LogP contribution >= 0.6 is 12.2 Å². The number of likely N-dealkylation sites (tertiary alicyclic amines) is 1. The molecule has 5 nitrogen and oxygen atoms in total. The van der Waals surface area contributed by atoms with Gasteiger partial charge in [-0.25, -0.2) is 0 Å². The van der Waals surface area contributed by atoms with Gasteiger partial charge in [-0.2, -0.15) is 0 Å². The van der Waals surface area contributed by atoms with E-state index < -0.39 is 0 Å². The Morgan fingerprint density at radius 2 is 1.89 bits per heavy atom. The summed E-state index contributed by atoms with van der Waals surface area (Å²) >= 11 is 5.76. The van der Waals surface area contributed by atoms with Crippen molar-refractivity contribution >= 4 is 17.3 Å². The van der Waals surface area contributed by atoms with E-state index >= 15 is 0 Å². The molecule has 0 bridgehead atoms. The summed E-state index contributed by atoms with van der Waals surface area (Å²) in [6.45, 7) is 8.50. The van der Waals surface area contributed by atoms with E-state index in [0.29, 0.717) is 12.0 Å². The molecule has 0 aliphatic carbocycles. The van der Waals surface area contributed by atoms with Gasteiger partial charge in [0.25, 0.3) is 0 Å². The molecular weight excluding hydrogens is 358 g/mol. The Morgan fingerprint density at radius 3 is 2.48 bits per heavy atom. The summed E-state index contributed by atoms with van der Waals surface area (Å²) < 4.78 is 10.8. The fourth-order valence-electron chi connectivity index (χ4n) is 3.44. The first-order valence-electron chi connectivity index (χ1n) is 9.88. The maximum atomic E-state index is 5.76. The second-order valence-corrected chi connectivity index (χ2v) is 8.13. The van der Waals surface area contributed by atoms with Gasteiger partial charge in [-0.3, -0.25) is 0 Å². The molecule has 1 aromatic rings. The van der Waals surface area contributed by atoms with E-state index in [1.165, 1.54) is 5.56 Å². The van der Waals surface area contributed by atoms with Crippen molar-refractivity contribution in [2.45, 2.75) is 39.2 Å². The van der Waals surface area contributed by atoms with Crippen LogP contribution in [0.15, 0.2) is 18.2 Å². The third-order valence-corrected chi connectivity index (χ3v) is 5.52. The number of piperidine rings is 1. The summed E-state index contributed by atoms with van der Waals surface area (Å²) in [6.07, 6.45) is 3.24. The largest absolute Gasteiger partial charge is 0.493 e. The lowest BCUT2D eigenvalue weighted by atomic mass is 10.0. The maximum Gasteiger partial charge on any atom is 0.169 e.